The summed E-state index contributed by atoms with van der Waals surface area (Å²) >= 11 is 0. The number of carbonyl (C=O) groups excluding carboxylic acids is 2. The van der Waals surface area contributed by atoms with Crippen LogP contribution in [0.3, 0.4) is 0 Å². The van der Waals surface area contributed by atoms with Crippen molar-refractivity contribution in [3.8, 4) is 0 Å². The van der Waals surface area contributed by atoms with Gasteiger partial charge in [-0.05, 0) is 42.0 Å². The first kappa shape index (κ1) is 20.9. The number of carbonyl (C=O) groups is 2. The molecule has 5 rings (SSSR count). The van der Waals surface area contributed by atoms with Crippen molar-refractivity contribution in [3.63, 3.8) is 0 Å². The number of ether oxygens (including phenoxy) is 1. The van der Waals surface area contributed by atoms with E-state index >= 15 is 0 Å². The summed E-state index contributed by atoms with van der Waals surface area (Å²) in [6.45, 7) is -0.347. The molecule has 5 nitrogen and oxygen atoms in total. The lowest BCUT2D eigenvalue weighted by Gasteiger charge is -2.20. The molecule has 1 aromatic heterocycles. The number of amides is 1. The van der Waals surface area contributed by atoms with E-state index in [1.165, 1.54) is 0 Å². The Morgan fingerprint density at radius 2 is 1.48 bits per heavy atom. The molecule has 3 aromatic carbocycles. The van der Waals surface area contributed by atoms with E-state index in [1.54, 1.807) is 0 Å². The van der Waals surface area contributed by atoms with Crippen molar-refractivity contribution in [3.05, 3.63) is 113 Å². The van der Waals surface area contributed by atoms with Gasteiger partial charge in [0.15, 0.2) is 6.61 Å². The minimum Gasteiger partial charge on any atom is -0.452 e. The number of aryl methyl sites for hydroxylation is 1. The average molecular weight is 437 g/mol. The molecule has 4 aromatic rings. The lowest BCUT2D eigenvalue weighted by molar-refractivity contribution is -0.124. The first-order valence-corrected chi connectivity index (χ1v) is 11.2. The van der Waals surface area contributed by atoms with Crippen molar-refractivity contribution in [1.29, 1.82) is 0 Å². The molecule has 0 saturated carbocycles. The summed E-state index contributed by atoms with van der Waals surface area (Å²) in [5.74, 6) is -0.825. The second kappa shape index (κ2) is 9.25. The van der Waals surface area contributed by atoms with Gasteiger partial charge >= 0.3 is 5.97 Å². The minimum absolute atomic E-state index is 0.329. The van der Waals surface area contributed by atoms with Crippen LogP contribution in [-0.2, 0) is 22.4 Å². The predicted octanol–water partition coefficient (Wildman–Crippen LogP) is 4.79. The molecule has 5 heteroatoms. The molecule has 0 saturated heterocycles. The van der Waals surface area contributed by atoms with E-state index in [-0.39, 0.29) is 18.6 Å². The van der Waals surface area contributed by atoms with Gasteiger partial charge in [0.2, 0.25) is 0 Å². The van der Waals surface area contributed by atoms with Gasteiger partial charge in [-0.2, -0.15) is 0 Å². The van der Waals surface area contributed by atoms with Gasteiger partial charge in [0, 0.05) is 11.1 Å². The number of pyridine rings is 1. The van der Waals surface area contributed by atoms with Crippen molar-refractivity contribution in [2.75, 3.05) is 6.61 Å². The zero-order valence-corrected chi connectivity index (χ0v) is 18.2. The second-order valence-electron chi connectivity index (χ2n) is 8.18. The molecule has 0 radical (unpaired) electrons. The molecule has 0 atom stereocenters. The first-order valence-electron chi connectivity index (χ1n) is 11.2. The number of benzene rings is 3. The molecule has 1 aliphatic carbocycles. The number of nitrogens with zero attached hydrogens (tertiary/aromatic N) is 1. The van der Waals surface area contributed by atoms with Crippen molar-refractivity contribution in [1.82, 2.24) is 10.3 Å². The van der Waals surface area contributed by atoms with Gasteiger partial charge in [0.05, 0.1) is 17.1 Å². The number of para-hydroxylation sites is 1. The van der Waals surface area contributed by atoms with Crippen LogP contribution in [0.25, 0.3) is 10.9 Å². The summed E-state index contributed by atoms with van der Waals surface area (Å²) in [6.07, 6.45) is 2.62. The summed E-state index contributed by atoms with van der Waals surface area (Å²) in [5, 5.41) is 3.79. The van der Waals surface area contributed by atoms with E-state index in [0.717, 1.165) is 52.5 Å². The van der Waals surface area contributed by atoms with E-state index in [1.807, 2.05) is 84.9 Å². The molecule has 1 aliphatic rings. The zero-order chi connectivity index (χ0) is 22.6. The number of hydrogen-bond donors (Lipinski definition) is 1. The van der Waals surface area contributed by atoms with E-state index in [0.29, 0.717) is 5.56 Å². The second-order valence-corrected chi connectivity index (χ2v) is 8.18. The molecule has 1 amide bonds. The Labute approximate surface area is 192 Å². The van der Waals surface area contributed by atoms with Gasteiger partial charge in [-0.1, -0.05) is 78.9 Å². The summed E-state index contributed by atoms with van der Waals surface area (Å²) in [4.78, 5) is 30.7. The van der Waals surface area contributed by atoms with E-state index in [9.17, 15) is 9.59 Å². The van der Waals surface area contributed by atoms with Crippen LogP contribution in [-0.4, -0.2) is 23.5 Å². The molecule has 0 aliphatic heterocycles. The Morgan fingerprint density at radius 3 is 2.18 bits per heavy atom. The van der Waals surface area contributed by atoms with Gasteiger partial charge in [0.25, 0.3) is 5.91 Å². The predicted molar refractivity (Wildman–Crippen MR) is 127 cm³/mol. The van der Waals surface area contributed by atoms with Crippen LogP contribution in [0.15, 0.2) is 84.9 Å². The Kier molecular flexibility index (Phi) is 5.85. The largest absolute Gasteiger partial charge is 0.452 e. The molecule has 1 heterocycles. The highest BCUT2D eigenvalue weighted by Gasteiger charge is 2.25. The summed E-state index contributed by atoms with van der Waals surface area (Å²) in [5.41, 5.74) is 5.15. The van der Waals surface area contributed by atoms with Crippen molar-refractivity contribution >= 4 is 22.8 Å². The number of nitrogens with one attached hydrogen (secondary N) is 1. The molecule has 0 fully saturated rings. The quantitative estimate of drug-likeness (QED) is 0.442. The molecule has 1 N–H and O–H groups in total. The van der Waals surface area contributed by atoms with E-state index in [2.05, 4.69) is 5.32 Å². The fraction of sp³-hybridized carbons (Fsp3) is 0.179. The standard InChI is InChI=1S/C28H24N2O3/c31-25(30-27(19-10-3-1-4-11-19)20-12-5-2-6-13-20)18-33-28(32)26-21-14-7-8-16-23(21)29-24-17-9-15-22(24)26/h1-8,10-14,16,27H,9,15,17-18H2,(H,30,31). The van der Waals surface area contributed by atoms with Crippen LogP contribution in [0.4, 0.5) is 0 Å². The van der Waals surface area contributed by atoms with Crippen molar-refractivity contribution in [2.45, 2.75) is 25.3 Å². The van der Waals surface area contributed by atoms with Gasteiger partial charge < -0.3 is 10.1 Å². The Hall–Kier alpha value is -3.99. The Morgan fingerprint density at radius 1 is 0.848 bits per heavy atom. The van der Waals surface area contributed by atoms with Gasteiger partial charge in [0.1, 0.15) is 0 Å². The molecular weight excluding hydrogens is 412 g/mol. The van der Waals surface area contributed by atoms with E-state index in [4.69, 9.17) is 9.72 Å². The topological polar surface area (TPSA) is 68.3 Å². The van der Waals surface area contributed by atoms with Gasteiger partial charge in [-0.15, -0.1) is 0 Å². The van der Waals surface area contributed by atoms with Crippen molar-refractivity contribution in [2.24, 2.45) is 0 Å². The fourth-order valence-electron chi connectivity index (χ4n) is 4.50. The molecule has 0 spiro atoms. The summed E-state index contributed by atoms with van der Waals surface area (Å²) in [7, 11) is 0. The number of esters is 1. The van der Waals surface area contributed by atoms with Crippen LogP contribution in [0, 0.1) is 0 Å². The highest BCUT2D eigenvalue weighted by molar-refractivity contribution is 6.05. The van der Waals surface area contributed by atoms with Crippen molar-refractivity contribution < 1.29 is 14.3 Å². The third-order valence-electron chi connectivity index (χ3n) is 6.03. The highest BCUT2D eigenvalue weighted by Crippen LogP contribution is 2.30. The molecular formula is C28H24N2O3. The maximum Gasteiger partial charge on any atom is 0.339 e. The van der Waals surface area contributed by atoms with E-state index < -0.39 is 5.97 Å². The molecule has 164 valence electrons. The summed E-state index contributed by atoms with van der Waals surface area (Å²) < 4.78 is 5.52. The molecule has 0 unspecified atom stereocenters. The Bertz CT molecular complexity index is 1260. The molecule has 0 bridgehead atoms. The maximum absolute atomic E-state index is 13.1. The van der Waals surface area contributed by atoms with Crippen LogP contribution in [0.1, 0.15) is 45.2 Å². The van der Waals surface area contributed by atoms with Crippen LogP contribution >= 0.6 is 0 Å². The highest BCUT2D eigenvalue weighted by atomic mass is 16.5. The average Bonchev–Trinajstić information content (AvgIpc) is 3.33. The smallest absolute Gasteiger partial charge is 0.339 e. The fourth-order valence-corrected chi connectivity index (χ4v) is 4.50. The van der Waals surface area contributed by atoms with Gasteiger partial charge in [-0.25, -0.2) is 4.79 Å². The number of hydrogen-bond acceptors (Lipinski definition) is 4. The number of rotatable bonds is 6. The third kappa shape index (κ3) is 4.35. The monoisotopic (exact) mass is 436 g/mol. The number of fused-ring (bicyclic) bond motifs is 2. The lowest BCUT2D eigenvalue weighted by Crippen LogP contribution is -2.33. The van der Waals surface area contributed by atoms with Crippen LogP contribution in [0.2, 0.25) is 0 Å². The maximum atomic E-state index is 13.1. The number of aromatic nitrogens is 1. The Balaban J connectivity index is 1.35. The zero-order valence-electron chi connectivity index (χ0n) is 18.2. The lowest BCUT2D eigenvalue weighted by atomic mass is 9.99. The van der Waals surface area contributed by atoms with Crippen LogP contribution < -0.4 is 5.32 Å². The first-order chi connectivity index (χ1) is 16.2. The normalized spacial score (nSPS) is 12.5. The summed E-state index contributed by atoms with van der Waals surface area (Å²) in [6, 6.07) is 26.8. The van der Waals surface area contributed by atoms with Crippen LogP contribution in [0.5, 0.6) is 0 Å². The third-order valence-corrected chi connectivity index (χ3v) is 6.03. The minimum atomic E-state index is -0.474. The van der Waals surface area contributed by atoms with Gasteiger partial charge in [-0.3, -0.25) is 9.78 Å². The molecule has 33 heavy (non-hydrogen) atoms. The SMILES string of the molecule is O=C(COC(=O)c1c2c(nc3ccccc13)CCC2)NC(c1ccccc1)c1ccccc1.